The number of aromatic hydroxyl groups is 1. The fraction of sp³-hybridized carbons (Fsp3) is 0.636. The lowest BCUT2D eigenvalue weighted by Crippen LogP contribution is -2.33. The van der Waals surface area contributed by atoms with Gasteiger partial charge in [-0.1, -0.05) is 13.8 Å². The molecule has 0 bridgehead atoms. The zero-order chi connectivity index (χ0) is 26.0. The van der Waals surface area contributed by atoms with E-state index in [0.717, 1.165) is 0 Å². The van der Waals surface area contributed by atoms with Gasteiger partial charge in [-0.3, -0.25) is 0 Å². The molecule has 2 aromatic rings. The molecule has 1 fully saturated rings. The van der Waals surface area contributed by atoms with Gasteiger partial charge < -0.3 is 39.1 Å². The molecule has 0 spiro atoms. The van der Waals surface area contributed by atoms with Crippen molar-refractivity contribution >= 4 is 29.4 Å². The van der Waals surface area contributed by atoms with Crippen LogP contribution in [0, 0.1) is 11.5 Å². The number of carbonyl (C=O) groups excluding carboxylic acids is 2. The molecule has 1 atom stereocenters. The second-order valence-corrected chi connectivity index (χ2v) is 9.56. The van der Waals surface area contributed by atoms with Crippen LogP contribution in [0.25, 0.3) is 11.2 Å². The highest BCUT2D eigenvalue weighted by atomic mass is 16.7. The lowest BCUT2D eigenvalue weighted by molar-refractivity contribution is -0.0566. The van der Waals surface area contributed by atoms with Gasteiger partial charge in [-0.05, 0) is 39.5 Å². The van der Waals surface area contributed by atoms with Crippen LogP contribution in [0.15, 0.2) is 6.33 Å². The molecule has 1 aliphatic rings. The van der Waals surface area contributed by atoms with Crippen LogP contribution >= 0.6 is 0 Å². The highest BCUT2D eigenvalue weighted by molar-refractivity contribution is 5.77. The maximum atomic E-state index is 11.9. The zero-order valence-electron chi connectivity index (χ0n) is 20.7. The lowest BCUT2D eigenvalue weighted by Gasteiger charge is -2.27. The van der Waals surface area contributed by atoms with Crippen molar-refractivity contribution in [2.45, 2.75) is 72.3 Å². The summed E-state index contributed by atoms with van der Waals surface area (Å²) in [5.41, 5.74) is 5.16. The van der Waals surface area contributed by atoms with Gasteiger partial charge in [0.25, 0.3) is 0 Å². The third-order valence-electron chi connectivity index (χ3n) is 5.43. The minimum absolute atomic E-state index is 0.0943. The average molecular weight is 495 g/mol. The number of nitrogens with zero attached hydrogens (tertiary/aromatic N) is 4. The number of hydrogen-bond donors (Lipinski definition) is 2. The van der Waals surface area contributed by atoms with E-state index in [1.54, 1.807) is 32.3 Å². The fourth-order valence-corrected chi connectivity index (χ4v) is 3.59. The molecule has 13 nitrogen and oxygen atoms in total. The van der Waals surface area contributed by atoms with Crippen molar-refractivity contribution in [2.75, 3.05) is 18.9 Å². The summed E-state index contributed by atoms with van der Waals surface area (Å²) in [5, 5.41) is 10.0. The zero-order valence-corrected chi connectivity index (χ0v) is 20.7. The number of ether oxygens (including phenoxy) is 5. The van der Waals surface area contributed by atoms with Gasteiger partial charge in [0.2, 0.25) is 11.8 Å². The van der Waals surface area contributed by atoms with Gasteiger partial charge in [0.1, 0.15) is 13.2 Å². The number of rotatable bonds is 10. The van der Waals surface area contributed by atoms with Crippen molar-refractivity contribution in [1.29, 1.82) is 0 Å². The second kappa shape index (κ2) is 10.1. The Morgan fingerprint density at radius 1 is 1.09 bits per heavy atom. The lowest BCUT2D eigenvalue weighted by atomic mass is 10.1. The number of hydrogen-bond acceptors (Lipinski definition) is 12. The first-order valence-corrected chi connectivity index (χ1v) is 11.2. The molecule has 2 aromatic heterocycles. The van der Waals surface area contributed by atoms with Crippen LogP contribution in [0.4, 0.5) is 15.5 Å². The average Bonchev–Trinajstić information content (AvgIpc) is 3.03. The van der Waals surface area contributed by atoms with Crippen molar-refractivity contribution < 1.29 is 38.4 Å². The van der Waals surface area contributed by atoms with Gasteiger partial charge in [-0.25, -0.2) is 14.6 Å². The summed E-state index contributed by atoms with van der Waals surface area (Å²) in [6, 6.07) is 0. The van der Waals surface area contributed by atoms with Gasteiger partial charge in [0.15, 0.2) is 17.3 Å². The van der Waals surface area contributed by atoms with Crippen LogP contribution in [0.1, 0.15) is 48.0 Å². The SMILES string of the molecule is CC(C)OC(=O)OC[C](COC(=O)OC(C)C)OC1(Cn2cnc3c(O)nc(N)nc32)CC1(C)C. The van der Waals surface area contributed by atoms with Crippen LogP contribution in [-0.4, -0.2) is 68.0 Å². The van der Waals surface area contributed by atoms with Crippen molar-refractivity contribution in [1.82, 2.24) is 19.5 Å². The quantitative estimate of drug-likeness (QED) is 0.463. The van der Waals surface area contributed by atoms with E-state index in [-0.39, 0.29) is 60.8 Å². The Morgan fingerprint density at radius 2 is 1.63 bits per heavy atom. The largest absolute Gasteiger partial charge is 0.508 e. The van der Waals surface area contributed by atoms with E-state index in [2.05, 4.69) is 15.0 Å². The van der Waals surface area contributed by atoms with E-state index in [0.29, 0.717) is 12.1 Å². The monoisotopic (exact) mass is 494 g/mol. The van der Waals surface area contributed by atoms with Gasteiger partial charge in [-0.15, -0.1) is 0 Å². The van der Waals surface area contributed by atoms with Crippen LogP contribution in [0.2, 0.25) is 0 Å². The number of imidazole rings is 1. The Kier molecular flexibility index (Phi) is 7.58. The fourth-order valence-electron chi connectivity index (χ4n) is 3.59. The van der Waals surface area contributed by atoms with Crippen molar-refractivity contribution in [2.24, 2.45) is 5.41 Å². The molecule has 0 amide bonds. The molecule has 1 unspecified atom stereocenters. The van der Waals surface area contributed by atoms with Crippen LogP contribution in [0.3, 0.4) is 0 Å². The number of aromatic nitrogens is 4. The summed E-state index contributed by atoms with van der Waals surface area (Å²) < 4.78 is 28.3. The molecular formula is C22H32N5O8. The maximum Gasteiger partial charge on any atom is 0.508 e. The third kappa shape index (κ3) is 6.41. The minimum Gasteiger partial charge on any atom is -0.492 e. The first kappa shape index (κ1) is 26.3. The Bertz CT molecular complexity index is 1040. The number of nitrogens with two attached hydrogens (primary N) is 1. The number of carbonyl (C=O) groups is 2. The molecule has 13 heteroatoms. The summed E-state index contributed by atoms with van der Waals surface area (Å²) in [4.78, 5) is 35.9. The first-order valence-electron chi connectivity index (χ1n) is 11.2. The maximum absolute atomic E-state index is 11.9. The van der Waals surface area contributed by atoms with E-state index in [1.165, 1.54) is 6.33 Å². The summed E-state index contributed by atoms with van der Waals surface area (Å²) in [5.74, 6) is -0.416. The van der Waals surface area contributed by atoms with E-state index < -0.39 is 17.9 Å². The number of nitrogen functional groups attached to an aromatic ring is 1. The summed E-state index contributed by atoms with van der Waals surface area (Å²) in [6.45, 7) is 10.5. The van der Waals surface area contributed by atoms with E-state index in [9.17, 15) is 14.7 Å². The number of anilines is 1. The molecule has 193 valence electrons. The number of fused-ring (bicyclic) bond motifs is 1. The highest BCUT2D eigenvalue weighted by Gasteiger charge is 2.64. The summed E-state index contributed by atoms with van der Waals surface area (Å²) in [7, 11) is 0. The van der Waals surface area contributed by atoms with Crippen LogP contribution in [-0.2, 0) is 30.2 Å². The molecule has 0 saturated heterocycles. The normalized spacial score (nSPS) is 18.8. The van der Waals surface area contributed by atoms with Crippen LogP contribution < -0.4 is 5.73 Å². The highest BCUT2D eigenvalue weighted by Crippen LogP contribution is 2.60. The third-order valence-corrected chi connectivity index (χ3v) is 5.43. The summed E-state index contributed by atoms with van der Waals surface area (Å²) >= 11 is 0. The molecule has 0 aliphatic heterocycles. The van der Waals surface area contributed by atoms with Crippen molar-refractivity contribution in [3.8, 4) is 5.88 Å². The molecule has 1 aliphatic carbocycles. The van der Waals surface area contributed by atoms with E-state index >= 15 is 0 Å². The Hall–Kier alpha value is -3.35. The molecule has 3 rings (SSSR count). The Labute approximate surface area is 202 Å². The Morgan fingerprint density at radius 3 is 2.11 bits per heavy atom. The van der Waals surface area contributed by atoms with E-state index in [4.69, 9.17) is 29.4 Å². The van der Waals surface area contributed by atoms with Crippen molar-refractivity contribution in [3.63, 3.8) is 0 Å². The molecule has 2 heterocycles. The van der Waals surface area contributed by atoms with E-state index in [1.807, 2.05) is 13.8 Å². The van der Waals surface area contributed by atoms with Gasteiger partial charge in [0, 0.05) is 0 Å². The molecular weight excluding hydrogens is 462 g/mol. The van der Waals surface area contributed by atoms with Gasteiger partial charge in [-0.2, -0.15) is 9.97 Å². The standard InChI is InChI=1S/C22H32N5O8/c1-12(2)33-19(29)31-7-14(8-32-20(30)34-13(3)4)35-22(9-21(22,5)6)10-27-11-24-15-16(27)25-18(23)26-17(15)28/h11-13H,7-10H2,1-6H3,(H3,23,25,26,28). The van der Waals surface area contributed by atoms with Gasteiger partial charge in [0.05, 0.1) is 30.7 Å². The minimum atomic E-state index is -0.877. The Balaban J connectivity index is 1.78. The molecule has 1 saturated carbocycles. The molecule has 1 radical (unpaired) electrons. The predicted octanol–water partition coefficient (Wildman–Crippen LogP) is 2.95. The predicted molar refractivity (Wildman–Crippen MR) is 122 cm³/mol. The van der Waals surface area contributed by atoms with Gasteiger partial charge >= 0.3 is 12.3 Å². The van der Waals surface area contributed by atoms with Crippen LogP contribution in [0.5, 0.6) is 5.88 Å². The molecule has 3 N–H and O–H groups in total. The molecule has 35 heavy (non-hydrogen) atoms. The molecule has 0 aromatic carbocycles. The summed E-state index contributed by atoms with van der Waals surface area (Å²) in [6.07, 6.45) is -0.154. The smallest absolute Gasteiger partial charge is 0.492 e. The van der Waals surface area contributed by atoms with Crippen molar-refractivity contribution in [3.05, 3.63) is 12.4 Å². The topological polar surface area (TPSA) is 170 Å². The second-order valence-electron chi connectivity index (χ2n) is 9.56. The first-order chi connectivity index (χ1) is 16.3.